The lowest BCUT2D eigenvalue weighted by atomic mass is 9.92. The van der Waals surface area contributed by atoms with E-state index in [0.29, 0.717) is 5.92 Å². The van der Waals surface area contributed by atoms with Gasteiger partial charge >= 0.3 is 5.97 Å². The molecule has 1 aliphatic heterocycles. The Morgan fingerprint density at radius 3 is 2.47 bits per heavy atom. The molecule has 0 aromatic carbocycles. The molecule has 1 saturated heterocycles. The van der Waals surface area contributed by atoms with Gasteiger partial charge in [0.1, 0.15) is 5.60 Å². The highest BCUT2D eigenvalue weighted by Gasteiger charge is 2.37. The van der Waals surface area contributed by atoms with Crippen LogP contribution in [0.15, 0.2) is 0 Å². The first-order valence-electron chi connectivity index (χ1n) is 5.77. The Labute approximate surface area is 92.6 Å². The number of rotatable bonds is 2. The van der Waals surface area contributed by atoms with Crippen molar-refractivity contribution in [1.29, 1.82) is 0 Å². The van der Waals surface area contributed by atoms with Crippen molar-refractivity contribution in [2.24, 2.45) is 11.8 Å². The van der Waals surface area contributed by atoms with Crippen molar-refractivity contribution in [3.05, 3.63) is 0 Å². The maximum absolute atomic E-state index is 11.9. The fourth-order valence-corrected chi connectivity index (χ4v) is 2.07. The van der Waals surface area contributed by atoms with Crippen LogP contribution in [-0.2, 0) is 9.53 Å². The Kier molecular flexibility index (Phi) is 3.77. The molecule has 1 rings (SSSR count). The predicted molar refractivity (Wildman–Crippen MR) is 60.6 cm³/mol. The summed E-state index contributed by atoms with van der Waals surface area (Å²) in [6, 6.07) is 0.278. The first-order valence-corrected chi connectivity index (χ1v) is 5.77. The minimum Gasteiger partial charge on any atom is -0.460 e. The van der Waals surface area contributed by atoms with Gasteiger partial charge in [0, 0.05) is 6.04 Å². The second kappa shape index (κ2) is 4.52. The molecule has 2 unspecified atom stereocenters. The third kappa shape index (κ3) is 3.49. The van der Waals surface area contributed by atoms with Crippen molar-refractivity contribution >= 4 is 5.97 Å². The van der Waals surface area contributed by atoms with Crippen LogP contribution in [0.25, 0.3) is 0 Å². The lowest BCUT2D eigenvalue weighted by molar-refractivity contribution is -0.160. The van der Waals surface area contributed by atoms with E-state index in [1.165, 1.54) is 0 Å². The Hall–Kier alpha value is -0.570. The molecule has 1 heterocycles. The first kappa shape index (κ1) is 12.5. The Bertz CT molecular complexity index is 230. The van der Waals surface area contributed by atoms with E-state index in [9.17, 15) is 4.79 Å². The SMILES string of the molecule is CC(C)C1NCCC1C(=O)OC(C)(C)C. The van der Waals surface area contributed by atoms with Crippen LogP contribution >= 0.6 is 0 Å². The molecule has 0 radical (unpaired) electrons. The molecule has 1 N–H and O–H groups in total. The zero-order valence-corrected chi connectivity index (χ0v) is 10.5. The van der Waals surface area contributed by atoms with Gasteiger partial charge in [-0.2, -0.15) is 0 Å². The van der Waals surface area contributed by atoms with Crippen LogP contribution in [0.2, 0.25) is 0 Å². The van der Waals surface area contributed by atoms with E-state index >= 15 is 0 Å². The fraction of sp³-hybridized carbons (Fsp3) is 0.917. The van der Waals surface area contributed by atoms with Crippen molar-refractivity contribution in [3.8, 4) is 0 Å². The van der Waals surface area contributed by atoms with Crippen molar-refractivity contribution in [3.63, 3.8) is 0 Å². The molecule has 1 fully saturated rings. The molecule has 0 aromatic heterocycles. The van der Waals surface area contributed by atoms with Crippen LogP contribution in [0, 0.1) is 11.8 Å². The van der Waals surface area contributed by atoms with Crippen LogP contribution < -0.4 is 5.32 Å². The summed E-state index contributed by atoms with van der Waals surface area (Å²) >= 11 is 0. The highest BCUT2D eigenvalue weighted by molar-refractivity contribution is 5.74. The third-order valence-electron chi connectivity index (χ3n) is 2.70. The summed E-state index contributed by atoms with van der Waals surface area (Å²) in [7, 11) is 0. The van der Waals surface area contributed by atoms with Gasteiger partial charge < -0.3 is 10.1 Å². The second-order valence-electron chi connectivity index (χ2n) is 5.65. The third-order valence-corrected chi connectivity index (χ3v) is 2.70. The highest BCUT2D eigenvalue weighted by atomic mass is 16.6. The molecule has 3 nitrogen and oxygen atoms in total. The van der Waals surface area contributed by atoms with Crippen molar-refractivity contribution < 1.29 is 9.53 Å². The van der Waals surface area contributed by atoms with E-state index in [2.05, 4.69) is 19.2 Å². The van der Waals surface area contributed by atoms with E-state index in [4.69, 9.17) is 4.74 Å². The average molecular weight is 213 g/mol. The molecule has 88 valence electrons. The maximum Gasteiger partial charge on any atom is 0.311 e. The summed E-state index contributed by atoms with van der Waals surface area (Å²) in [5.74, 6) is 0.459. The molecule has 15 heavy (non-hydrogen) atoms. The van der Waals surface area contributed by atoms with E-state index in [1.54, 1.807) is 0 Å². The lowest BCUT2D eigenvalue weighted by Gasteiger charge is -2.26. The number of esters is 1. The number of carbonyl (C=O) groups excluding carboxylic acids is 1. The number of hydrogen-bond donors (Lipinski definition) is 1. The molecule has 1 aliphatic rings. The summed E-state index contributed by atoms with van der Waals surface area (Å²) in [5, 5.41) is 3.37. The average Bonchev–Trinajstić information content (AvgIpc) is 2.47. The van der Waals surface area contributed by atoms with Crippen LogP contribution in [0.5, 0.6) is 0 Å². The zero-order chi connectivity index (χ0) is 11.6. The topological polar surface area (TPSA) is 38.3 Å². The minimum atomic E-state index is -0.374. The Morgan fingerprint density at radius 1 is 1.40 bits per heavy atom. The molecule has 0 saturated carbocycles. The number of ether oxygens (including phenoxy) is 1. The molecular weight excluding hydrogens is 190 g/mol. The Morgan fingerprint density at radius 2 is 2.00 bits per heavy atom. The second-order valence-corrected chi connectivity index (χ2v) is 5.65. The van der Waals surface area contributed by atoms with Gasteiger partial charge in [0.05, 0.1) is 5.92 Å². The van der Waals surface area contributed by atoms with E-state index < -0.39 is 0 Å². The first-order chi connectivity index (χ1) is 6.81. The van der Waals surface area contributed by atoms with Gasteiger partial charge in [-0.25, -0.2) is 0 Å². The quantitative estimate of drug-likeness (QED) is 0.713. The van der Waals surface area contributed by atoms with Gasteiger partial charge in [0.25, 0.3) is 0 Å². The molecule has 0 aliphatic carbocycles. The van der Waals surface area contributed by atoms with Gasteiger partial charge in [-0.05, 0) is 39.7 Å². The van der Waals surface area contributed by atoms with Gasteiger partial charge in [0.2, 0.25) is 0 Å². The largest absolute Gasteiger partial charge is 0.460 e. The Balaban J connectivity index is 2.59. The summed E-state index contributed by atoms with van der Waals surface area (Å²) in [5.41, 5.74) is -0.374. The predicted octanol–water partition coefficient (Wildman–Crippen LogP) is 1.96. The van der Waals surface area contributed by atoms with Crippen LogP contribution in [0.4, 0.5) is 0 Å². The summed E-state index contributed by atoms with van der Waals surface area (Å²) in [4.78, 5) is 11.9. The van der Waals surface area contributed by atoms with Gasteiger partial charge in [-0.3, -0.25) is 4.79 Å². The summed E-state index contributed by atoms with van der Waals surface area (Å²) < 4.78 is 5.42. The van der Waals surface area contributed by atoms with E-state index in [-0.39, 0.29) is 23.5 Å². The van der Waals surface area contributed by atoms with Gasteiger partial charge in [0.15, 0.2) is 0 Å². The van der Waals surface area contributed by atoms with Crippen LogP contribution in [0.1, 0.15) is 41.0 Å². The van der Waals surface area contributed by atoms with Gasteiger partial charge in [-0.1, -0.05) is 13.8 Å². The standard InChI is InChI=1S/C12H23NO2/c1-8(2)10-9(6-7-13-10)11(14)15-12(3,4)5/h8-10,13H,6-7H2,1-5H3. The van der Waals surface area contributed by atoms with Crippen LogP contribution in [0.3, 0.4) is 0 Å². The minimum absolute atomic E-state index is 0.0317. The number of carbonyl (C=O) groups is 1. The van der Waals surface area contributed by atoms with E-state index in [0.717, 1.165) is 13.0 Å². The molecule has 2 atom stereocenters. The number of nitrogens with one attached hydrogen (secondary N) is 1. The van der Waals surface area contributed by atoms with Crippen molar-refractivity contribution in [2.45, 2.75) is 52.7 Å². The maximum atomic E-state index is 11.9. The normalized spacial score (nSPS) is 27.1. The van der Waals surface area contributed by atoms with E-state index in [1.807, 2.05) is 20.8 Å². The van der Waals surface area contributed by atoms with Crippen molar-refractivity contribution in [2.75, 3.05) is 6.54 Å². The summed E-state index contributed by atoms with van der Waals surface area (Å²) in [6.45, 7) is 10.9. The number of hydrogen-bond acceptors (Lipinski definition) is 3. The smallest absolute Gasteiger partial charge is 0.311 e. The molecule has 0 amide bonds. The molecule has 0 bridgehead atoms. The highest BCUT2D eigenvalue weighted by Crippen LogP contribution is 2.24. The molecule has 0 aromatic rings. The van der Waals surface area contributed by atoms with Crippen molar-refractivity contribution in [1.82, 2.24) is 5.32 Å². The van der Waals surface area contributed by atoms with Crippen LogP contribution in [-0.4, -0.2) is 24.2 Å². The molecular formula is C12H23NO2. The summed E-state index contributed by atoms with van der Waals surface area (Å²) in [6.07, 6.45) is 0.901. The fourth-order valence-electron chi connectivity index (χ4n) is 2.07. The zero-order valence-electron chi connectivity index (χ0n) is 10.5. The lowest BCUT2D eigenvalue weighted by Crippen LogP contribution is -2.39. The monoisotopic (exact) mass is 213 g/mol. The van der Waals surface area contributed by atoms with Gasteiger partial charge in [-0.15, -0.1) is 0 Å². The molecule has 3 heteroatoms. The molecule has 0 spiro atoms.